The smallest absolute Gasteiger partial charge is 0.315 e. The number of rotatable bonds is 3. The Kier molecular flexibility index (Phi) is 4.80. The molecule has 0 saturated heterocycles. The fourth-order valence-corrected chi connectivity index (χ4v) is 4.45. The quantitative estimate of drug-likeness (QED) is 0.684. The van der Waals surface area contributed by atoms with E-state index in [-0.39, 0.29) is 17.9 Å². The van der Waals surface area contributed by atoms with E-state index in [1.54, 1.807) is 17.8 Å². The van der Waals surface area contributed by atoms with Gasteiger partial charge in [0.05, 0.1) is 6.04 Å². The van der Waals surface area contributed by atoms with Gasteiger partial charge in [0.2, 0.25) is 0 Å². The Morgan fingerprint density at radius 2 is 1.96 bits per heavy atom. The number of hydrogen-bond donors (Lipinski definition) is 2. The fraction of sp³-hybridized carbons (Fsp3) is 0.190. The van der Waals surface area contributed by atoms with Crippen molar-refractivity contribution in [3.8, 4) is 0 Å². The van der Waals surface area contributed by atoms with E-state index in [9.17, 15) is 9.18 Å². The summed E-state index contributed by atoms with van der Waals surface area (Å²) in [5.41, 5.74) is 1.94. The minimum absolute atomic E-state index is 0.158. The zero-order chi connectivity index (χ0) is 17.9. The highest BCUT2D eigenvalue weighted by Crippen LogP contribution is 2.36. The van der Waals surface area contributed by atoms with Crippen LogP contribution < -0.4 is 10.6 Å². The second-order valence-corrected chi connectivity index (χ2v) is 7.47. The Balaban J connectivity index is 1.44. The third-order valence-electron chi connectivity index (χ3n) is 4.64. The number of amides is 2. The Hall–Kier alpha value is -2.53. The lowest BCUT2D eigenvalue weighted by Gasteiger charge is -2.26. The van der Waals surface area contributed by atoms with Crippen molar-refractivity contribution in [1.82, 2.24) is 10.6 Å². The van der Waals surface area contributed by atoms with Gasteiger partial charge in [0.25, 0.3) is 0 Å². The summed E-state index contributed by atoms with van der Waals surface area (Å²) in [4.78, 5) is 13.4. The van der Waals surface area contributed by atoms with Gasteiger partial charge in [-0.2, -0.15) is 0 Å². The van der Waals surface area contributed by atoms with E-state index in [0.29, 0.717) is 6.54 Å². The van der Waals surface area contributed by atoms with Crippen molar-refractivity contribution < 1.29 is 9.18 Å². The molecule has 0 radical (unpaired) electrons. The molecule has 0 spiro atoms. The van der Waals surface area contributed by atoms with Crippen LogP contribution in [0, 0.1) is 5.82 Å². The molecule has 0 aliphatic carbocycles. The molecular formula is C21H19FN2OS. The lowest BCUT2D eigenvalue weighted by atomic mass is 10.0. The van der Waals surface area contributed by atoms with Crippen molar-refractivity contribution >= 4 is 28.6 Å². The normalized spacial score (nSPS) is 16.1. The van der Waals surface area contributed by atoms with Crippen LogP contribution in [0.4, 0.5) is 9.18 Å². The average molecular weight is 366 g/mol. The van der Waals surface area contributed by atoms with E-state index in [1.165, 1.54) is 12.1 Å². The van der Waals surface area contributed by atoms with Gasteiger partial charge in [-0.3, -0.25) is 0 Å². The van der Waals surface area contributed by atoms with Crippen LogP contribution >= 0.6 is 11.8 Å². The van der Waals surface area contributed by atoms with Crippen LogP contribution in [-0.4, -0.2) is 11.8 Å². The molecule has 0 saturated carbocycles. The summed E-state index contributed by atoms with van der Waals surface area (Å²) in [5, 5.41) is 8.21. The Morgan fingerprint density at radius 3 is 2.88 bits per heavy atom. The van der Waals surface area contributed by atoms with E-state index in [0.717, 1.165) is 39.0 Å². The average Bonchev–Trinajstić information content (AvgIpc) is 2.67. The first-order valence-electron chi connectivity index (χ1n) is 8.64. The molecule has 1 aliphatic heterocycles. The predicted molar refractivity (Wildman–Crippen MR) is 104 cm³/mol. The molecule has 2 amide bonds. The summed E-state index contributed by atoms with van der Waals surface area (Å²) in [6.07, 6.45) is 0.794. The third-order valence-corrected chi connectivity index (χ3v) is 5.76. The second-order valence-electron chi connectivity index (χ2n) is 6.34. The number of thioether (sulfide) groups is 1. The number of nitrogens with one attached hydrogen (secondary N) is 2. The summed E-state index contributed by atoms with van der Waals surface area (Å²) in [5.74, 6) is 0.640. The van der Waals surface area contributed by atoms with Crippen molar-refractivity contribution in [3.63, 3.8) is 0 Å². The SMILES string of the molecule is O=C(NCc1cccc2ccccc12)N[C@H]1CCSc2ccc(F)cc21. The molecule has 3 aromatic rings. The summed E-state index contributed by atoms with van der Waals surface area (Å²) in [7, 11) is 0. The van der Waals surface area contributed by atoms with Gasteiger partial charge >= 0.3 is 6.03 Å². The highest BCUT2D eigenvalue weighted by molar-refractivity contribution is 7.99. The van der Waals surface area contributed by atoms with E-state index in [1.807, 2.05) is 24.3 Å². The maximum Gasteiger partial charge on any atom is 0.315 e. The number of benzene rings is 3. The molecular weight excluding hydrogens is 347 g/mol. The second kappa shape index (κ2) is 7.38. The van der Waals surface area contributed by atoms with Crippen LogP contribution in [0.3, 0.4) is 0 Å². The van der Waals surface area contributed by atoms with Crippen molar-refractivity contribution in [1.29, 1.82) is 0 Å². The molecule has 132 valence electrons. The van der Waals surface area contributed by atoms with E-state index in [2.05, 4.69) is 28.8 Å². The van der Waals surface area contributed by atoms with Crippen molar-refractivity contribution in [3.05, 3.63) is 77.6 Å². The molecule has 5 heteroatoms. The first-order chi connectivity index (χ1) is 12.7. The molecule has 0 fully saturated rings. The number of urea groups is 1. The monoisotopic (exact) mass is 366 g/mol. The van der Waals surface area contributed by atoms with Crippen molar-refractivity contribution in [2.24, 2.45) is 0 Å². The van der Waals surface area contributed by atoms with Gasteiger partial charge < -0.3 is 10.6 Å². The summed E-state index contributed by atoms with van der Waals surface area (Å²) in [6.45, 7) is 0.449. The van der Waals surface area contributed by atoms with Crippen LogP contribution in [0.25, 0.3) is 10.8 Å². The topological polar surface area (TPSA) is 41.1 Å². The maximum absolute atomic E-state index is 13.6. The number of carbonyl (C=O) groups excluding carboxylic acids is 1. The molecule has 26 heavy (non-hydrogen) atoms. The van der Waals surface area contributed by atoms with Gasteiger partial charge in [0, 0.05) is 17.2 Å². The molecule has 0 aromatic heterocycles. The minimum Gasteiger partial charge on any atom is -0.334 e. The predicted octanol–water partition coefficient (Wildman–Crippen LogP) is 5.02. The number of hydrogen-bond acceptors (Lipinski definition) is 2. The molecule has 0 unspecified atom stereocenters. The highest BCUT2D eigenvalue weighted by Gasteiger charge is 2.22. The summed E-state index contributed by atoms with van der Waals surface area (Å²) in [6, 6.07) is 18.6. The van der Waals surface area contributed by atoms with Gasteiger partial charge in [-0.05, 0) is 46.5 Å². The highest BCUT2D eigenvalue weighted by atomic mass is 32.2. The molecule has 2 N–H and O–H groups in total. The van der Waals surface area contributed by atoms with Crippen molar-refractivity contribution in [2.75, 3.05) is 5.75 Å². The minimum atomic E-state index is -0.269. The molecule has 3 aromatic carbocycles. The third kappa shape index (κ3) is 3.53. The molecule has 0 bridgehead atoms. The zero-order valence-electron chi connectivity index (χ0n) is 14.2. The summed E-state index contributed by atoms with van der Waals surface area (Å²) < 4.78 is 13.6. The largest absolute Gasteiger partial charge is 0.334 e. The van der Waals surface area contributed by atoms with Crippen LogP contribution in [-0.2, 0) is 6.54 Å². The first-order valence-corrected chi connectivity index (χ1v) is 9.62. The molecule has 1 aliphatic rings. The van der Waals surface area contributed by atoms with Crippen LogP contribution in [0.2, 0.25) is 0 Å². The van der Waals surface area contributed by atoms with E-state index in [4.69, 9.17) is 0 Å². The standard InChI is InChI=1S/C21H19FN2OS/c22-16-8-9-20-18(12-16)19(10-11-26-20)24-21(25)23-13-15-6-3-5-14-4-1-2-7-17(14)15/h1-9,12,19H,10-11,13H2,(H2,23,24,25)/t19-/m0/s1. The van der Waals surface area contributed by atoms with Crippen LogP contribution in [0.5, 0.6) is 0 Å². The van der Waals surface area contributed by atoms with Crippen LogP contribution in [0.15, 0.2) is 65.6 Å². The molecule has 3 nitrogen and oxygen atoms in total. The van der Waals surface area contributed by atoms with Gasteiger partial charge in [0.15, 0.2) is 0 Å². The lowest BCUT2D eigenvalue weighted by Crippen LogP contribution is -2.38. The molecule has 1 atom stereocenters. The molecule has 1 heterocycles. The molecule has 4 rings (SSSR count). The van der Waals surface area contributed by atoms with Gasteiger partial charge in [-0.25, -0.2) is 9.18 Å². The Labute approximate surface area is 156 Å². The van der Waals surface area contributed by atoms with E-state index >= 15 is 0 Å². The number of fused-ring (bicyclic) bond motifs is 2. The fourth-order valence-electron chi connectivity index (χ4n) is 3.35. The Morgan fingerprint density at radius 1 is 1.12 bits per heavy atom. The number of halogens is 1. The van der Waals surface area contributed by atoms with Gasteiger partial charge in [-0.1, -0.05) is 42.5 Å². The first kappa shape index (κ1) is 16.9. The van der Waals surface area contributed by atoms with Crippen molar-refractivity contribution in [2.45, 2.75) is 23.9 Å². The Bertz CT molecular complexity index is 954. The maximum atomic E-state index is 13.6. The van der Waals surface area contributed by atoms with E-state index < -0.39 is 0 Å². The lowest BCUT2D eigenvalue weighted by molar-refractivity contribution is 0.236. The summed E-state index contributed by atoms with van der Waals surface area (Å²) >= 11 is 1.70. The van der Waals surface area contributed by atoms with Gasteiger partial charge in [-0.15, -0.1) is 11.8 Å². The van der Waals surface area contributed by atoms with Crippen LogP contribution in [0.1, 0.15) is 23.6 Å². The zero-order valence-corrected chi connectivity index (χ0v) is 15.0. The number of carbonyl (C=O) groups is 1. The van der Waals surface area contributed by atoms with Gasteiger partial charge in [0.1, 0.15) is 5.82 Å².